The Morgan fingerprint density at radius 3 is 2.95 bits per heavy atom. The van der Waals surface area contributed by atoms with Crippen molar-refractivity contribution in [2.75, 3.05) is 7.11 Å². The summed E-state index contributed by atoms with van der Waals surface area (Å²) in [5.41, 5.74) is 1.43. The molecule has 0 saturated heterocycles. The molecule has 0 saturated carbocycles. The number of rotatable bonds is 5. The van der Waals surface area contributed by atoms with Crippen molar-refractivity contribution < 1.29 is 9.84 Å². The molecule has 2 aromatic rings. The van der Waals surface area contributed by atoms with E-state index in [4.69, 9.17) is 16.3 Å². The Labute approximate surface area is 117 Å². The van der Waals surface area contributed by atoms with E-state index in [9.17, 15) is 5.11 Å². The second-order valence-corrected chi connectivity index (χ2v) is 4.76. The van der Waals surface area contributed by atoms with Gasteiger partial charge in [-0.05, 0) is 18.6 Å². The summed E-state index contributed by atoms with van der Waals surface area (Å²) in [6.45, 7) is 2.92. The van der Waals surface area contributed by atoms with E-state index in [1.807, 2.05) is 10.9 Å². The summed E-state index contributed by atoms with van der Waals surface area (Å²) >= 11 is 5.91. The summed E-state index contributed by atoms with van der Waals surface area (Å²) in [5.74, 6) is 0.572. The molecule has 0 aliphatic heterocycles. The molecule has 1 aromatic carbocycles. The zero-order valence-electron chi connectivity index (χ0n) is 11.0. The maximum Gasteiger partial charge on any atom is 0.126 e. The number of ether oxygens (including phenoxy) is 1. The molecule has 0 aliphatic carbocycles. The molecule has 0 aliphatic rings. The maximum absolute atomic E-state index is 10.4. The summed E-state index contributed by atoms with van der Waals surface area (Å²) in [6.07, 6.45) is 3.76. The lowest BCUT2D eigenvalue weighted by Gasteiger charge is -2.13. The van der Waals surface area contributed by atoms with Crippen LogP contribution >= 0.6 is 11.6 Å². The lowest BCUT2D eigenvalue weighted by atomic mass is 10.0. The highest BCUT2D eigenvalue weighted by atomic mass is 35.5. The third-order valence-corrected chi connectivity index (χ3v) is 3.15. The molecule has 5 heteroatoms. The van der Waals surface area contributed by atoms with E-state index in [0.717, 1.165) is 18.5 Å². The molecule has 0 fully saturated rings. The third kappa shape index (κ3) is 3.08. The van der Waals surface area contributed by atoms with E-state index >= 15 is 0 Å². The number of aliphatic hydroxyl groups excluding tert-OH is 1. The molecule has 0 bridgehead atoms. The fraction of sp³-hybridized carbons (Fsp3) is 0.357. The molecule has 0 spiro atoms. The van der Waals surface area contributed by atoms with E-state index in [-0.39, 0.29) is 0 Å². The zero-order valence-corrected chi connectivity index (χ0v) is 11.8. The minimum absolute atomic E-state index is 0.572. The van der Waals surface area contributed by atoms with Crippen LogP contribution in [0.25, 0.3) is 0 Å². The Kier molecular flexibility index (Phi) is 4.45. The first-order chi connectivity index (χ1) is 9.15. The molecule has 102 valence electrons. The minimum Gasteiger partial charge on any atom is -0.496 e. The molecule has 1 N–H and O–H groups in total. The van der Waals surface area contributed by atoms with E-state index in [2.05, 4.69) is 12.0 Å². The standard InChI is InChI=1S/C14H17ClN2O2/c1-3-6-17-9-10(8-16-17)14(18)12-5-4-11(15)7-13(12)19-2/h4-5,7-9,14,18H,3,6H2,1-2H3. The average molecular weight is 281 g/mol. The molecular formula is C14H17ClN2O2. The van der Waals surface area contributed by atoms with Crippen molar-refractivity contribution in [3.63, 3.8) is 0 Å². The number of nitrogens with zero attached hydrogens (tertiary/aromatic N) is 2. The van der Waals surface area contributed by atoms with Gasteiger partial charge in [-0.15, -0.1) is 0 Å². The molecule has 0 radical (unpaired) electrons. The molecule has 4 nitrogen and oxygen atoms in total. The summed E-state index contributed by atoms with van der Waals surface area (Å²) in [7, 11) is 1.56. The van der Waals surface area contributed by atoms with Crippen LogP contribution in [0.3, 0.4) is 0 Å². The number of halogens is 1. The number of methoxy groups -OCH3 is 1. The summed E-state index contributed by atoms with van der Waals surface area (Å²) in [5, 5.41) is 15.2. The highest BCUT2D eigenvalue weighted by Gasteiger charge is 2.17. The molecule has 19 heavy (non-hydrogen) atoms. The Hall–Kier alpha value is -1.52. The van der Waals surface area contributed by atoms with Crippen molar-refractivity contribution in [1.29, 1.82) is 0 Å². The van der Waals surface area contributed by atoms with Crippen LogP contribution in [0.5, 0.6) is 5.75 Å². The Bertz CT molecular complexity index is 554. The Morgan fingerprint density at radius 1 is 1.47 bits per heavy atom. The van der Waals surface area contributed by atoms with Gasteiger partial charge in [0.2, 0.25) is 0 Å². The van der Waals surface area contributed by atoms with Gasteiger partial charge in [0, 0.05) is 28.9 Å². The van der Waals surface area contributed by atoms with Crippen molar-refractivity contribution in [3.05, 3.63) is 46.7 Å². The summed E-state index contributed by atoms with van der Waals surface area (Å²) in [6, 6.07) is 5.19. The molecule has 2 rings (SSSR count). The Morgan fingerprint density at radius 2 is 2.26 bits per heavy atom. The lowest BCUT2D eigenvalue weighted by Crippen LogP contribution is -2.02. The van der Waals surface area contributed by atoms with Crippen LogP contribution in [0.2, 0.25) is 5.02 Å². The molecule has 1 atom stereocenters. The number of aryl methyl sites for hydroxylation is 1. The van der Waals surface area contributed by atoms with Crippen molar-refractivity contribution in [2.45, 2.75) is 26.0 Å². The van der Waals surface area contributed by atoms with Crippen molar-refractivity contribution >= 4 is 11.6 Å². The monoisotopic (exact) mass is 280 g/mol. The van der Waals surface area contributed by atoms with Crippen LogP contribution in [0, 0.1) is 0 Å². The van der Waals surface area contributed by atoms with Crippen molar-refractivity contribution in [1.82, 2.24) is 9.78 Å². The SMILES string of the molecule is CCCn1cc(C(O)c2ccc(Cl)cc2OC)cn1. The van der Waals surface area contributed by atoms with Gasteiger partial charge < -0.3 is 9.84 Å². The summed E-state index contributed by atoms with van der Waals surface area (Å²) < 4.78 is 7.07. The van der Waals surface area contributed by atoms with Crippen LogP contribution < -0.4 is 4.74 Å². The lowest BCUT2D eigenvalue weighted by molar-refractivity contribution is 0.214. The highest BCUT2D eigenvalue weighted by Crippen LogP contribution is 2.31. The molecule has 1 unspecified atom stereocenters. The predicted octanol–water partition coefficient (Wildman–Crippen LogP) is 3.04. The van der Waals surface area contributed by atoms with Crippen LogP contribution in [0.4, 0.5) is 0 Å². The van der Waals surface area contributed by atoms with Gasteiger partial charge in [-0.3, -0.25) is 4.68 Å². The topological polar surface area (TPSA) is 47.3 Å². The van der Waals surface area contributed by atoms with E-state index < -0.39 is 6.10 Å². The molecular weight excluding hydrogens is 264 g/mol. The quantitative estimate of drug-likeness (QED) is 0.916. The summed E-state index contributed by atoms with van der Waals surface area (Å²) in [4.78, 5) is 0. The van der Waals surface area contributed by atoms with Crippen molar-refractivity contribution in [2.24, 2.45) is 0 Å². The van der Waals surface area contributed by atoms with Gasteiger partial charge >= 0.3 is 0 Å². The number of hydrogen-bond donors (Lipinski definition) is 1. The first kappa shape index (κ1) is 13.9. The highest BCUT2D eigenvalue weighted by molar-refractivity contribution is 6.30. The van der Waals surface area contributed by atoms with Crippen LogP contribution in [-0.2, 0) is 6.54 Å². The molecule has 1 aromatic heterocycles. The Balaban J connectivity index is 2.29. The van der Waals surface area contributed by atoms with Gasteiger partial charge in [-0.1, -0.05) is 24.6 Å². The predicted molar refractivity (Wildman–Crippen MR) is 74.6 cm³/mol. The van der Waals surface area contributed by atoms with E-state index in [0.29, 0.717) is 16.3 Å². The fourth-order valence-corrected chi connectivity index (χ4v) is 2.12. The second-order valence-electron chi connectivity index (χ2n) is 4.33. The first-order valence-corrected chi connectivity index (χ1v) is 6.57. The zero-order chi connectivity index (χ0) is 13.8. The number of aliphatic hydroxyl groups is 1. The average Bonchev–Trinajstić information content (AvgIpc) is 2.87. The second kappa shape index (κ2) is 6.08. The van der Waals surface area contributed by atoms with Gasteiger partial charge in [0.25, 0.3) is 0 Å². The van der Waals surface area contributed by atoms with Crippen LogP contribution in [-0.4, -0.2) is 22.0 Å². The van der Waals surface area contributed by atoms with Gasteiger partial charge in [0.05, 0.1) is 13.3 Å². The van der Waals surface area contributed by atoms with Gasteiger partial charge in [-0.2, -0.15) is 5.10 Å². The van der Waals surface area contributed by atoms with Crippen LogP contribution in [0.1, 0.15) is 30.6 Å². The normalized spacial score (nSPS) is 12.4. The minimum atomic E-state index is -0.766. The molecule has 1 heterocycles. The maximum atomic E-state index is 10.4. The molecule has 0 amide bonds. The third-order valence-electron chi connectivity index (χ3n) is 2.91. The number of benzene rings is 1. The largest absolute Gasteiger partial charge is 0.496 e. The first-order valence-electron chi connectivity index (χ1n) is 6.19. The van der Waals surface area contributed by atoms with Gasteiger partial charge in [0.15, 0.2) is 0 Å². The fourth-order valence-electron chi connectivity index (χ4n) is 1.96. The number of hydrogen-bond acceptors (Lipinski definition) is 3. The van der Waals surface area contributed by atoms with Gasteiger partial charge in [0.1, 0.15) is 11.9 Å². The van der Waals surface area contributed by atoms with E-state index in [1.54, 1.807) is 31.5 Å². The van der Waals surface area contributed by atoms with Gasteiger partial charge in [-0.25, -0.2) is 0 Å². The number of aromatic nitrogens is 2. The van der Waals surface area contributed by atoms with E-state index in [1.165, 1.54) is 0 Å². The van der Waals surface area contributed by atoms with Crippen LogP contribution in [0.15, 0.2) is 30.6 Å². The van der Waals surface area contributed by atoms with Crippen molar-refractivity contribution in [3.8, 4) is 5.75 Å². The smallest absolute Gasteiger partial charge is 0.126 e.